The number of rotatable bonds is 9. The number of esters is 2. The normalized spacial score (nSPS) is 20.3. The molecule has 1 saturated heterocycles. The lowest BCUT2D eigenvalue weighted by atomic mass is 9.95. The first-order valence-electron chi connectivity index (χ1n) is 12.1. The molecule has 4 rings (SSSR count). The second kappa shape index (κ2) is 11.9. The van der Waals surface area contributed by atoms with Crippen LogP contribution >= 0.6 is 0 Å². The van der Waals surface area contributed by atoms with Gasteiger partial charge in [-0.2, -0.15) is 0 Å². The quantitative estimate of drug-likeness (QED) is 0.333. The highest BCUT2D eigenvalue weighted by molar-refractivity contribution is 5.92. The predicted molar refractivity (Wildman–Crippen MR) is 136 cm³/mol. The fourth-order valence-electron chi connectivity index (χ4n) is 4.17. The Morgan fingerprint density at radius 2 is 1.67 bits per heavy atom. The van der Waals surface area contributed by atoms with E-state index in [1.54, 1.807) is 36.4 Å². The summed E-state index contributed by atoms with van der Waals surface area (Å²) in [6, 6.07) is 16.1. The Labute approximate surface area is 222 Å². The van der Waals surface area contributed by atoms with E-state index < -0.39 is 60.2 Å². The molecule has 3 aromatic rings. The highest BCUT2D eigenvalue weighted by atomic mass is 16.6. The fraction of sp³-hybridized carbons (Fsp3) is 0.296. The third-order valence-electron chi connectivity index (χ3n) is 6.21. The molecule has 204 valence electrons. The first-order chi connectivity index (χ1) is 18.7. The van der Waals surface area contributed by atoms with Crippen LogP contribution in [0.5, 0.6) is 0 Å². The van der Waals surface area contributed by atoms with E-state index >= 15 is 0 Å². The van der Waals surface area contributed by atoms with Crippen molar-refractivity contribution in [1.29, 1.82) is 0 Å². The molecule has 12 heteroatoms. The molecule has 3 atom stereocenters. The molecule has 0 radical (unpaired) electrons. The average Bonchev–Trinajstić information content (AvgIpc) is 3.32. The highest BCUT2D eigenvalue weighted by Crippen LogP contribution is 2.39. The molecule has 0 bridgehead atoms. The lowest BCUT2D eigenvalue weighted by Gasteiger charge is -2.32. The Morgan fingerprint density at radius 1 is 1.05 bits per heavy atom. The standard InChI is InChI=1S/C27H27N3O9/c1-17-15-30(26(36)29-22(17)32)21-14-20(38-24(34)19-10-6-3-7-11-19)27(39-21,25(35)28-12-13-31)16-37-23(33)18-8-4-2-5-9-18/h2-11,15,20-21,31H,12-14,16H2,1H3,(H,28,35)(H,29,32,36)/t20-,21+,27+/m0/s1. The Balaban J connectivity index is 1.73. The molecular formula is C27H27N3O9. The van der Waals surface area contributed by atoms with Crippen molar-refractivity contribution in [3.8, 4) is 0 Å². The lowest BCUT2D eigenvalue weighted by molar-refractivity contribution is -0.167. The van der Waals surface area contributed by atoms with Gasteiger partial charge in [0.05, 0.1) is 17.7 Å². The maximum atomic E-state index is 13.5. The summed E-state index contributed by atoms with van der Waals surface area (Å²) in [6.45, 7) is 0.234. The molecule has 3 N–H and O–H groups in total. The van der Waals surface area contributed by atoms with Gasteiger partial charge in [0.1, 0.15) is 18.9 Å². The summed E-state index contributed by atoms with van der Waals surface area (Å²) in [4.78, 5) is 66.0. The smallest absolute Gasteiger partial charge is 0.338 e. The predicted octanol–water partition coefficient (Wildman–Crippen LogP) is 0.694. The van der Waals surface area contributed by atoms with E-state index in [0.717, 1.165) is 4.57 Å². The van der Waals surface area contributed by atoms with Crippen molar-refractivity contribution in [2.45, 2.75) is 31.3 Å². The second-order valence-electron chi connectivity index (χ2n) is 8.86. The Kier molecular flexibility index (Phi) is 8.37. The van der Waals surface area contributed by atoms with Gasteiger partial charge < -0.3 is 24.6 Å². The number of aromatic amines is 1. The molecule has 2 heterocycles. The van der Waals surface area contributed by atoms with Gasteiger partial charge in [-0.25, -0.2) is 14.4 Å². The van der Waals surface area contributed by atoms with Crippen molar-refractivity contribution in [3.63, 3.8) is 0 Å². The summed E-state index contributed by atoms with van der Waals surface area (Å²) in [6.07, 6.45) is -1.45. The van der Waals surface area contributed by atoms with E-state index in [1.165, 1.54) is 37.4 Å². The van der Waals surface area contributed by atoms with Crippen molar-refractivity contribution in [2.75, 3.05) is 19.8 Å². The summed E-state index contributed by atoms with van der Waals surface area (Å²) in [5, 5.41) is 11.8. The molecule has 0 spiro atoms. The van der Waals surface area contributed by atoms with Gasteiger partial charge in [-0.15, -0.1) is 0 Å². The molecule has 1 fully saturated rings. The van der Waals surface area contributed by atoms with Crippen molar-refractivity contribution in [1.82, 2.24) is 14.9 Å². The number of H-pyrrole nitrogens is 1. The lowest BCUT2D eigenvalue weighted by Crippen LogP contribution is -2.58. The van der Waals surface area contributed by atoms with Gasteiger partial charge in [0.15, 0.2) is 0 Å². The number of ether oxygens (including phenoxy) is 3. The maximum absolute atomic E-state index is 13.5. The van der Waals surface area contributed by atoms with Gasteiger partial charge in [-0.3, -0.25) is 19.1 Å². The highest BCUT2D eigenvalue weighted by Gasteiger charge is 2.58. The molecule has 39 heavy (non-hydrogen) atoms. The van der Waals surface area contributed by atoms with Crippen LogP contribution in [-0.4, -0.2) is 64.0 Å². The molecule has 1 aliphatic heterocycles. The topological polar surface area (TPSA) is 166 Å². The molecule has 2 aromatic carbocycles. The number of aliphatic hydroxyl groups is 1. The summed E-state index contributed by atoms with van der Waals surface area (Å²) >= 11 is 0. The van der Waals surface area contributed by atoms with Gasteiger partial charge in [0.2, 0.25) is 5.60 Å². The number of carbonyl (C=O) groups excluding carboxylic acids is 3. The van der Waals surface area contributed by atoms with Crippen LogP contribution in [0.1, 0.15) is 38.9 Å². The summed E-state index contributed by atoms with van der Waals surface area (Å²) in [7, 11) is 0. The molecule has 1 aromatic heterocycles. The second-order valence-corrected chi connectivity index (χ2v) is 8.86. The van der Waals surface area contributed by atoms with E-state index in [9.17, 15) is 29.1 Å². The van der Waals surface area contributed by atoms with Gasteiger partial charge in [-0.1, -0.05) is 36.4 Å². The zero-order valence-electron chi connectivity index (χ0n) is 21.0. The molecular weight excluding hydrogens is 510 g/mol. The fourth-order valence-corrected chi connectivity index (χ4v) is 4.17. The maximum Gasteiger partial charge on any atom is 0.338 e. The van der Waals surface area contributed by atoms with Crippen LogP contribution in [0.3, 0.4) is 0 Å². The zero-order chi connectivity index (χ0) is 28.0. The van der Waals surface area contributed by atoms with Crippen LogP contribution in [0.25, 0.3) is 0 Å². The average molecular weight is 538 g/mol. The number of amides is 1. The van der Waals surface area contributed by atoms with Crippen LogP contribution in [0.15, 0.2) is 76.4 Å². The van der Waals surface area contributed by atoms with Crippen LogP contribution in [-0.2, 0) is 19.0 Å². The molecule has 0 unspecified atom stereocenters. The summed E-state index contributed by atoms with van der Waals surface area (Å²) in [5.41, 5.74) is -2.89. The number of aromatic nitrogens is 2. The van der Waals surface area contributed by atoms with E-state index in [2.05, 4.69) is 10.3 Å². The number of nitrogens with zero attached hydrogens (tertiary/aromatic N) is 1. The number of aryl methyl sites for hydroxylation is 1. The van der Waals surface area contributed by atoms with Crippen molar-refractivity contribution in [3.05, 3.63) is 104 Å². The SMILES string of the molecule is Cc1cn([C@H]2C[C@H](OC(=O)c3ccccc3)[C@](COC(=O)c3ccccc3)(C(=O)NCCO)O2)c(=O)[nH]c1=O. The van der Waals surface area contributed by atoms with Crippen LogP contribution in [0.4, 0.5) is 0 Å². The number of benzene rings is 2. The van der Waals surface area contributed by atoms with Crippen LogP contribution < -0.4 is 16.6 Å². The molecule has 1 aliphatic rings. The summed E-state index contributed by atoms with van der Waals surface area (Å²) in [5.74, 6) is -2.37. The first-order valence-corrected chi connectivity index (χ1v) is 12.1. The Bertz CT molecular complexity index is 1450. The molecule has 1 amide bonds. The van der Waals surface area contributed by atoms with Crippen molar-refractivity contribution in [2.24, 2.45) is 0 Å². The number of hydrogen-bond donors (Lipinski definition) is 3. The van der Waals surface area contributed by atoms with Crippen molar-refractivity contribution >= 4 is 17.8 Å². The van der Waals surface area contributed by atoms with Gasteiger partial charge in [-0.05, 0) is 31.2 Å². The largest absolute Gasteiger partial charge is 0.458 e. The molecule has 0 aliphatic carbocycles. The van der Waals surface area contributed by atoms with Crippen LogP contribution in [0.2, 0.25) is 0 Å². The number of hydrogen-bond acceptors (Lipinski definition) is 9. The van der Waals surface area contributed by atoms with Gasteiger partial charge in [0, 0.05) is 24.7 Å². The Hall–Kier alpha value is -4.55. The Morgan fingerprint density at radius 3 is 2.28 bits per heavy atom. The molecule has 12 nitrogen and oxygen atoms in total. The minimum atomic E-state index is -2.10. The monoisotopic (exact) mass is 537 g/mol. The van der Waals surface area contributed by atoms with E-state index in [1.807, 2.05) is 0 Å². The van der Waals surface area contributed by atoms with Gasteiger partial charge >= 0.3 is 17.6 Å². The van der Waals surface area contributed by atoms with Crippen molar-refractivity contribution < 1.29 is 33.7 Å². The molecule has 0 saturated carbocycles. The minimum Gasteiger partial charge on any atom is -0.458 e. The zero-order valence-corrected chi connectivity index (χ0v) is 21.0. The van der Waals surface area contributed by atoms with E-state index in [-0.39, 0.29) is 29.7 Å². The van der Waals surface area contributed by atoms with Gasteiger partial charge in [0.25, 0.3) is 11.5 Å². The number of carbonyl (C=O) groups is 3. The minimum absolute atomic E-state index is 0.168. The number of aliphatic hydroxyl groups excluding tert-OH is 1. The third kappa shape index (κ3) is 5.97. The third-order valence-corrected chi connectivity index (χ3v) is 6.21. The van der Waals surface area contributed by atoms with Crippen LogP contribution in [0, 0.1) is 6.92 Å². The number of nitrogens with one attached hydrogen (secondary N) is 2. The van der Waals surface area contributed by atoms with E-state index in [4.69, 9.17) is 14.2 Å². The summed E-state index contributed by atoms with van der Waals surface area (Å²) < 4.78 is 18.4. The van der Waals surface area contributed by atoms with E-state index in [0.29, 0.717) is 0 Å². The first kappa shape index (κ1) is 27.5.